The molecule has 7 heteroatoms. The zero-order valence-corrected chi connectivity index (χ0v) is 8.64. The summed E-state index contributed by atoms with van der Waals surface area (Å²) in [4.78, 5) is 13.9. The molecule has 0 spiro atoms. The van der Waals surface area contributed by atoms with E-state index in [1.54, 1.807) is 6.33 Å². The zero-order valence-electron chi connectivity index (χ0n) is 5.73. The van der Waals surface area contributed by atoms with Crippen molar-refractivity contribution in [2.75, 3.05) is 0 Å². The smallest absolute Gasteiger partial charge is 0.305 e. The van der Waals surface area contributed by atoms with Crippen LogP contribution in [0.4, 0.5) is 0 Å². The van der Waals surface area contributed by atoms with E-state index in [2.05, 4.69) is 19.9 Å². The fraction of sp³-hybridized carbons (Fsp3) is 0. The summed E-state index contributed by atoms with van der Waals surface area (Å²) >= 11 is 7.81. The summed E-state index contributed by atoms with van der Waals surface area (Å²) in [5, 5.41) is 0.445. The highest BCUT2D eigenvalue weighted by atomic mass is 127. The van der Waals surface area contributed by atoms with Crippen molar-refractivity contribution in [1.82, 2.24) is 15.0 Å². The van der Waals surface area contributed by atoms with Gasteiger partial charge in [0, 0.05) is 22.6 Å². The molecule has 2 heterocycles. The van der Waals surface area contributed by atoms with E-state index < -0.39 is 0 Å². The van der Waals surface area contributed by atoms with Gasteiger partial charge in [-0.3, -0.25) is 4.98 Å². The molecule has 4 N–H and O–H groups in total. The van der Waals surface area contributed by atoms with Crippen molar-refractivity contribution < 1.29 is 10.5 Å². The van der Waals surface area contributed by atoms with Crippen LogP contribution in [-0.2, 0) is 0 Å². The van der Waals surface area contributed by atoms with E-state index in [0.29, 0.717) is 8.98 Å². The molecule has 0 saturated heterocycles. The molecule has 0 aliphatic rings. The maximum atomic E-state index is 5.80. The van der Waals surface area contributed by atoms with Crippen LogP contribution in [0.15, 0.2) is 6.33 Å². The molecule has 0 radical (unpaired) electrons. The second kappa shape index (κ2) is 3.50. The fourth-order valence-electron chi connectivity index (χ4n) is 0.817. The van der Waals surface area contributed by atoms with Crippen LogP contribution < -0.4 is 4.98 Å². The van der Waals surface area contributed by atoms with Gasteiger partial charge < -0.3 is 5.48 Å². The monoisotopic (exact) mass is 299 g/mol. The molecule has 0 atom stereocenters. The van der Waals surface area contributed by atoms with Crippen LogP contribution in [0.5, 0.6) is 0 Å². The summed E-state index contributed by atoms with van der Waals surface area (Å²) in [6.07, 6.45) is 1.67. The van der Waals surface area contributed by atoms with E-state index in [1.165, 1.54) is 0 Å². The Bertz CT molecular complexity index is 403. The quantitative estimate of drug-likeness (QED) is 0.428. The van der Waals surface area contributed by atoms with E-state index in [9.17, 15) is 0 Å². The van der Waals surface area contributed by atoms with Crippen molar-refractivity contribution in [2.24, 2.45) is 0 Å². The van der Waals surface area contributed by atoms with Crippen molar-refractivity contribution in [3.63, 3.8) is 0 Å². The number of aromatic nitrogens is 4. The molecule has 0 amide bonds. The van der Waals surface area contributed by atoms with Gasteiger partial charge in [-0.05, 0) is 0 Å². The highest BCUT2D eigenvalue weighted by Gasteiger charge is 2.11. The van der Waals surface area contributed by atoms with Gasteiger partial charge in [0.05, 0.1) is 0 Å². The summed E-state index contributed by atoms with van der Waals surface area (Å²) in [5.41, 5.74) is 1.47. The molecule has 0 unspecified atom stereocenters. The Labute approximate surface area is 86.0 Å². The maximum absolute atomic E-state index is 5.80. The molecule has 12 heavy (non-hydrogen) atoms. The molecule has 0 aliphatic carbocycles. The predicted molar refractivity (Wildman–Crippen MR) is 51.8 cm³/mol. The molecular formula is C5H5ClIN4O+. The lowest BCUT2D eigenvalue weighted by Gasteiger charge is -1.85. The van der Waals surface area contributed by atoms with Crippen LogP contribution in [0.1, 0.15) is 0 Å². The Morgan fingerprint density at radius 1 is 1.50 bits per heavy atom. The van der Waals surface area contributed by atoms with Crippen molar-refractivity contribution in [1.29, 1.82) is 0 Å². The van der Waals surface area contributed by atoms with E-state index in [1.807, 2.05) is 22.6 Å². The first kappa shape index (κ1) is 9.62. The summed E-state index contributed by atoms with van der Waals surface area (Å²) in [6.45, 7) is 0. The molecule has 0 fully saturated rings. The van der Waals surface area contributed by atoms with Gasteiger partial charge in [-0.15, -0.1) is 0 Å². The molecule has 0 aliphatic heterocycles. The van der Waals surface area contributed by atoms with Crippen LogP contribution in [0.3, 0.4) is 0 Å². The summed E-state index contributed by atoms with van der Waals surface area (Å²) < 4.78 is 0.635. The molecule has 64 valence electrons. The summed E-state index contributed by atoms with van der Waals surface area (Å²) in [5.74, 6) is 0. The number of hydrogen-bond donors (Lipinski definition) is 1. The topological polar surface area (TPSA) is 87.2 Å². The average molecular weight is 299 g/mol. The zero-order chi connectivity index (χ0) is 7.84. The first-order chi connectivity index (χ1) is 5.27. The van der Waals surface area contributed by atoms with Gasteiger partial charge >= 0.3 is 5.65 Å². The number of aromatic amines is 2. The van der Waals surface area contributed by atoms with Crippen LogP contribution in [0, 0.1) is 3.83 Å². The molecule has 0 saturated carbocycles. The van der Waals surface area contributed by atoms with Crippen molar-refractivity contribution >= 4 is 45.4 Å². The predicted octanol–water partition coefficient (Wildman–Crippen LogP) is 0.205. The Kier molecular flexibility index (Phi) is 2.80. The lowest BCUT2D eigenvalue weighted by atomic mass is 10.6. The SMILES string of the molecule is Clc1nc(I)nc2[nH+]c[nH]c12.O. The number of rotatable bonds is 0. The normalized spacial score (nSPS) is 9.83. The minimum absolute atomic E-state index is 0. The Morgan fingerprint density at radius 2 is 2.25 bits per heavy atom. The maximum Gasteiger partial charge on any atom is 0.305 e. The van der Waals surface area contributed by atoms with E-state index in [4.69, 9.17) is 11.6 Å². The standard InChI is InChI=1S/C5H2ClIN4.H2O/c6-3-2-4(9-1-8-2)11-5(7)10-3;/h1H,(H,8,9,10,11);1H2/p+1. The van der Waals surface area contributed by atoms with Gasteiger partial charge in [0.15, 0.2) is 11.5 Å². The number of fused-ring (bicyclic) bond motifs is 1. The third kappa shape index (κ3) is 1.50. The lowest BCUT2D eigenvalue weighted by molar-refractivity contribution is -0.347. The number of halogens is 2. The second-order valence-electron chi connectivity index (χ2n) is 1.94. The van der Waals surface area contributed by atoms with Gasteiger partial charge in [-0.2, -0.15) is 4.98 Å². The Balaban J connectivity index is 0.000000720. The largest absolute Gasteiger partial charge is 0.412 e. The Morgan fingerprint density at radius 3 is 3.00 bits per heavy atom. The van der Waals surface area contributed by atoms with E-state index >= 15 is 0 Å². The number of hydrogen-bond acceptors (Lipinski definition) is 2. The van der Waals surface area contributed by atoms with Gasteiger partial charge in [-0.1, -0.05) is 16.6 Å². The van der Waals surface area contributed by atoms with Crippen molar-refractivity contribution in [3.05, 3.63) is 15.3 Å². The molecule has 2 aromatic heterocycles. The fourth-order valence-corrected chi connectivity index (χ4v) is 1.67. The lowest BCUT2D eigenvalue weighted by Crippen LogP contribution is -1.99. The first-order valence-corrected chi connectivity index (χ1v) is 4.31. The number of nitrogens with zero attached hydrogens (tertiary/aromatic N) is 2. The highest BCUT2D eigenvalue weighted by molar-refractivity contribution is 14.1. The van der Waals surface area contributed by atoms with Gasteiger partial charge in [0.25, 0.3) is 3.83 Å². The summed E-state index contributed by atoms with van der Waals surface area (Å²) in [7, 11) is 0. The second-order valence-corrected chi connectivity index (χ2v) is 3.26. The average Bonchev–Trinajstić information content (AvgIpc) is 2.34. The van der Waals surface area contributed by atoms with Crippen molar-refractivity contribution in [3.8, 4) is 0 Å². The minimum Gasteiger partial charge on any atom is -0.412 e. The Hall–Kier alpha value is -0.470. The van der Waals surface area contributed by atoms with Gasteiger partial charge in [-0.25, -0.2) is 4.98 Å². The molecule has 2 aromatic rings. The number of imidazole rings is 1. The van der Waals surface area contributed by atoms with E-state index in [-0.39, 0.29) is 5.48 Å². The van der Waals surface area contributed by atoms with Gasteiger partial charge in [0.1, 0.15) is 0 Å². The highest BCUT2D eigenvalue weighted by Crippen LogP contribution is 2.14. The van der Waals surface area contributed by atoms with Crippen molar-refractivity contribution in [2.45, 2.75) is 0 Å². The first-order valence-electron chi connectivity index (χ1n) is 2.85. The number of nitrogens with one attached hydrogen (secondary N) is 2. The van der Waals surface area contributed by atoms with Crippen LogP contribution >= 0.6 is 34.2 Å². The minimum atomic E-state index is 0. The van der Waals surface area contributed by atoms with Crippen LogP contribution in [-0.4, -0.2) is 20.4 Å². The summed E-state index contributed by atoms with van der Waals surface area (Å²) in [6, 6.07) is 0. The molecule has 5 nitrogen and oxygen atoms in total. The number of H-pyrrole nitrogens is 2. The molecule has 0 bridgehead atoms. The van der Waals surface area contributed by atoms with E-state index in [0.717, 1.165) is 11.2 Å². The third-order valence-corrected chi connectivity index (χ3v) is 2.02. The third-order valence-electron chi connectivity index (χ3n) is 1.26. The van der Waals surface area contributed by atoms with Crippen LogP contribution in [0.2, 0.25) is 5.15 Å². The molecule has 2 rings (SSSR count). The van der Waals surface area contributed by atoms with Gasteiger partial charge in [0.2, 0.25) is 5.52 Å². The molecular weight excluding hydrogens is 294 g/mol. The molecule has 0 aromatic carbocycles. The van der Waals surface area contributed by atoms with Crippen LogP contribution in [0.25, 0.3) is 11.2 Å².